The Balaban J connectivity index is 2.24. The molecule has 0 amide bonds. The van der Waals surface area contributed by atoms with Crippen LogP contribution in [0.25, 0.3) is 0 Å². The van der Waals surface area contributed by atoms with Gasteiger partial charge in [0.1, 0.15) is 0 Å². The number of hydrogen-bond donors (Lipinski definition) is 2. The molecule has 0 spiro atoms. The lowest BCUT2D eigenvalue weighted by Gasteiger charge is -2.27. The minimum absolute atomic E-state index is 0.141. The van der Waals surface area contributed by atoms with Gasteiger partial charge >= 0.3 is 0 Å². The molecule has 2 N–H and O–H groups in total. The maximum atomic E-state index is 9.37. The van der Waals surface area contributed by atoms with Crippen LogP contribution >= 0.6 is 0 Å². The van der Waals surface area contributed by atoms with Crippen LogP contribution in [-0.4, -0.2) is 18.3 Å². The van der Waals surface area contributed by atoms with E-state index in [4.69, 9.17) is 0 Å². The van der Waals surface area contributed by atoms with Gasteiger partial charge in [-0.1, -0.05) is 38.1 Å². The molecular formula is C15H23NO. The summed E-state index contributed by atoms with van der Waals surface area (Å²) >= 11 is 0. The van der Waals surface area contributed by atoms with Gasteiger partial charge in [-0.2, -0.15) is 0 Å². The molecule has 17 heavy (non-hydrogen) atoms. The van der Waals surface area contributed by atoms with E-state index in [1.165, 1.54) is 24.0 Å². The van der Waals surface area contributed by atoms with Crippen molar-refractivity contribution in [3.05, 3.63) is 35.4 Å². The maximum absolute atomic E-state index is 9.37. The van der Waals surface area contributed by atoms with E-state index >= 15 is 0 Å². The summed E-state index contributed by atoms with van der Waals surface area (Å²) in [6.45, 7) is 7.70. The highest BCUT2D eigenvalue weighted by atomic mass is 16.3. The number of benzene rings is 1. The SMILES string of the molecule is CC(C)(CO)c1ccc(C2(C)CCCN2)cc1. The van der Waals surface area contributed by atoms with Gasteiger partial charge in [0.25, 0.3) is 0 Å². The Hall–Kier alpha value is -0.860. The summed E-state index contributed by atoms with van der Waals surface area (Å²) in [6.07, 6.45) is 2.45. The zero-order valence-corrected chi connectivity index (χ0v) is 11.1. The molecule has 2 rings (SSSR count). The summed E-state index contributed by atoms with van der Waals surface area (Å²) in [5.41, 5.74) is 2.54. The van der Waals surface area contributed by atoms with Crippen molar-refractivity contribution in [3.8, 4) is 0 Å². The molecule has 1 fully saturated rings. The first-order valence-corrected chi connectivity index (χ1v) is 6.45. The zero-order valence-electron chi connectivity index (χ0n) is 11.1. The summed E-state index contributed by atoms with van der Waals surface area (Å²) in [6, 6.07) is 8.70. The molecule has 1 aliphatic rings. The van der Waals surface area contributed by atoms with Crippen LogP contribution in [0.5, 0.6) is 0 Å². The minimum atomic E-state index is -0.150. The van der Waals surface area contributed by atoms with Gasteiger partial charge in [0.05, 0.1) is 6.61 Å². The van der Waals surface area contributed by atoms with Gasteiger partial charge in [0.15, 0.2) is 0 Å². The van der Waals surface area contributed by atoms with E-state index in [-0.39, 0.29) is 17.6 Å². The average Bonchev–Trinajstić information content (AvgIpc) is 2.78. The molecule has 1 unspecified atom stereocenters. The van der Waals surface area contributed by atoms with Crippen LogP contribution in [0.1, 0.15) is 44.7 Å². The highest BCUT2D eigenvalue weighted by Crippen LogP contribution is 2.31. The van der Waals surface area contributed by atoms with Crippen molar-refractivity contribution >= 4 is 0 Å². The second kappa shape index (κ2) is 4.43. The van der Waals surface area contributed by atoms with Crippen LogP contribution in [0, 0.1) is 0 Å². The summed E-state index contributed by atoms with van der Waals surface area (Å²) in [5, 5.41) is 12.9. The Labute approximate surface area is 104 Å². The largest absolute Gasteiger partial charge is 0.395 e. The van der Waals surface area contributed by atoms with E-state index in [2.05, 4.69) is 50.4 Å². The average molecular weight is 233 g/mol. The van der Waals surface area contributed by atoms with Crippen molar-refractivity contribution in [2.24, 2.45) is 0 Å². The molecule has 1 atom stereocenters. The van der Waals surface area contributed by atoms with Gasteiger partial charge in [-0.05, 0) is 37.4 Å². The molecule has 1 aliphatic heterocycles. The van der Waals surface area contributed by atoms with Crippen molar-refractivity contribution < 1.29 is 5.11 Å². The second-order valence-corrected chi connectivity index (χ2v) is 5.98. The molecule has 0 aromatic heterocycles. The van der Waals surface area contributed by atoms with Crippen LogP contribution < -0.4 is 5.32 Å². The van der Waals surface area contributed by atoms with Gasteiger partial charge in [0.2, 0.25) is 0 Å². The first-order chi connectivity index (χ1) is 7.98. The molecular weight excluding hydrogens is 210 g/mol. The smallest absolute Gasteiger partial charge is 0.0522 e. The molecule has 0 bridgehead atoms. The first kappa shape index (κ1) is 12.6. The van der Waals surface area contributed by atoms with Crippen LogP contribution in [0.2, 0.25) is 0 Å². The van der Waals surface area contributed by atoms with Crippen LogP contribution in [0.4, 0.5) is 0 Å². The molecule has 0 saturated carbocycles. The monoisotopic (exact) mass is 233 g/mol. The molecule has 1 saturated heterocycles. The van der Waals surface area contributed by atoms with E-state index < -0.39 is 0 Å². The van der Waals surface area contributed by atoms with Crippen molar-refractivity contribution in [2.75, 3.05) is 13.2 Å². The highest BCUT2D eigenvalue weighted by Gasteiger charge is 2.30. The molecule has 94 valence electrons. The Bertz CT molecular complexity index is 374. The van der Waals surface area contributed by atoms with Gasteiger partial charge in [-0.25, -0.2) is 0 Å². The van der Waals surface area contributed by atoms with Gasteiger partial charge in [-0.3, -0.25) is 0 Å². The maximum Gasteiger partial charge on any atom is 0.0522 e. The number of hydrogen-bond acceptors (Lipinski definition) is 2. The van der Waals surface area contributed by atoms with Crippen molar-refractivity contribution in [1.82, 2.24) is 5.32 Å². The second-order valence-electron chi connectivity index (χ2n) is 5.98. The Morgan fingerprint density at radius 3 is 2.41 bits per heavy atom. The third kappa shape index (κ3) is 2.38. The predicted molar refractivity (Wildman–Crippen MR) is 71.1 cm³/mol. The Kier molecular flexibility index (Phi) is 3.28. The third-order valence-corrected chi connectivity index (χ3v) is 4.07. The number of rotatable bonds is 3. The van der Waals surface area contributed by atoms with E-state index in [9.17, 15) is 5.11 Å². The molecule has 2 heteroatoms. The molecule has 1 aromatic carbocycles. The summed E-state index contributed by atoms with van der Waals surface area (Å²) in [5.74, 6) is 0. The van der Waals surface area contributed by atoms with Crippen LogP contribution in [-0.2, 0) is 11.0 Å². The predicted octanol–water partition coefficient (Wildman–Crippen LogP) is 2.56. The van der Waals surface area contributed by atoms with Crippen LogP contribution in [0.3, 0.4) is 0 Å². The lowest BCUT2D eigenvalue weighted by Crippen LogP contribution is -2.33. The molecule has 0 radical (unpaired) electrons. The summed E-state index contributed by atoms with van der Waals surface area (Å²) in [4.78, 5) is 0. The molecule has 0 aliphatic carbocycles. The lowest BCUT2D eigenvalue weighted by atomic mass is 9.83. The van der Waals surface area contributed by atoms with Crippen molar-refractivity contribution in [1.29, 1.82) is 0 Å². The Morgan fingerprint density at radius 1 is 1.29 bits per heavy atom. The highest BCUT2D eigenvalue weighted by molar-refractivity contribution is 5.32. The fourth-order valence-electron chi connectivity index (χ4n) is 2.52. The van der Waals surface area contributed by atoms with Gasteiger partial charge in [0, 0.05) is 11.0 Å². The van der Waals surface area contributed by atoms with E-state index in [1.54, 1.807) is 0 Å². The number of aliphatic hydroxyl groups is 1. The quantitative estimate of drug-likeness (QED) is 0.841. The summed E-state index contributed by atoms with van der Waals surface area (Å²) < 4.78 is 0. The van der Waals surface area contributed by atoms with Gasteiger partial charge in [-0.15, -0.1) is 0 Å². The first-order valence-electron chi connectivity index (χ1n) is 6.45. The molecule has 1 heterocycles. The zero-order chi connectivity index (χ0) is 12.5. The molecule has 1 aromatic rings. The number of nitrogens with one attached hydrogen (secondary N) is 1. The minimum Gasteiger partial charge on any atom is -0.395 e. The van der Waals surface area contributed by atoms with E-state index in [0.717, 1.165) is 6.54 Å². The van der Waals surface area contributed by atoms with Crippen molar-refractivity contribution in [3.63, 3.8) is 0 Å². The van der Waals surface area contributed by atoms with E-state index in [1.807, 2.05) is 0 Å². The third-order valence-electron chi connectivity index (χ3n) is 4.07. The summed E-state index contributed by atoms with van der Waals surface area (Å²) in [7, 11) is 0. The molecule has 2 nitrogen and oxygen atoms in total. The standard InChI is InChI=1S/C15H23NO/c1-14(2,11-17)12-5-7-13(8-6-12)15(3)9-4-10-16-15/h5-8,16-17H,4,9-11H2,1-3H3. The Morgan fingerprint density at radius 2 is 1.94 bits per heavy atom. The van der Waals surface area contributed by atoms with Gasteiger partial charge < -0.3 is 10.4 Å². The lowest BCUT2D eigenvalue weighted by molar-refractivity contribution is 0.218. The fraction of sp³-hybridized carbons (Fsp3) is 0.600. The van der Waals surface area contributed by atoms with E-state index in [0.29, 0.717) is 0 Å². The normalized spacial score (nSPS) is 25.2. The number of aliphatic hydroxyl groups excluding tert-OH is 1. The topological polar surface area (TPSA) is 32.3 Å². The fourth-order valence-corrected chi connectivity index (χ4v) is 2.52. The van der Waals surface area contributed by atoms with Crippen LogP contribution in [0.15, 0.2) is 24.3 Å². The van der Waals surface area contributed by atoms with Crippen molar-refractivity contribution in [2.45, 2.75) is 44.6 Å².